The first-order chi connectivity index (χ1) is 13.4. The van der Waals surface area contributed by atoms with Crippen LogP contribution in [0.4, 0.5) is 0 Å². The van der Waals surface area contributed by atoms with Gasteiger partial charge in [0.15, 0.2) is 23.0 Å². The Morgan fingerprint density at radius 3 is 1.96 bits per heavy atom. The van der Waals surface area contributed by atoms with Gasteiger partial charge in [-0.25, -0.2) is 0 Å². The van der Waals surface area contributed by atoms with Gasteiger partial charge in [0.25, 0.3) is 0 Å². The summed E-state index contributed by atoms with van der Waals surface area (Å²) in [7, 11) is 4.28. The molecule has 3 N–H and O–H groups in total. The maximum atomic E-state index is 10.7. The van der Waals surface area contributed by atoms with Crippen LogP contribution in [0.1, 0.15) is 31.1 Å². The molecule has 2 atom stereocenters. The van der Waals surface area contributed by atoms with E-state index in [2.05, 4.69) is 0 Å². The molecule has 0 aliphatic carbocycles. The second kappa shape index (κ2) is 9.23. The van der Waals surface area contributed by atoms with Gasteiger partial charge in [0.05, 0.1) is 21.3 Å². The number of aliphatic hydroxyl groups excluding tert-OH is 1. The molecule has 0 saturated carbocycles. The van der Waals surface area contributed by atoms with E-state index in [1.807, 2.05) is 19.1 Å². The number of benzene rings is 2. The fourth-order valence-electron chi connectivity index (χ4n) is 2.77. The van der Waals surface area contributed by atoms with Gasteiger partial charge in [-0.2, -0.15) is 0 Å². The Morgan fingerprint density at radius 2 is 1.46 bits per heavy atom. The average Bonchev–Trinajstić information content (AvgIpc) is 2.69. The summed E-state index contributed by atoms with van der Waals surface area (Å²) in [6.45, 7) is 3.52. The van der Waals surface area contributed by atoms with Crippen LogP contribution in [0.5, 0.6) is 34.5 Å². The first-order valence-electron chi connectivity index (χ1n) is 8.69. The van der Waals surface area contributed by atoms with E-state index in [9.17, 15) is 15.3 Å². The number of rotatable bonds is 8. The van der Waals surface area contributed by atoms with E-state index < -0.39 is 12.2 Å². The Morgan fingerprint density at radius 1 is 0.893 bits per heavy atom. The number of hydrogen-bond donors (Lipinski definition) is 3. The number of aliphatic hydroxyl groups is 1. The molecule has 0 amide bonds. The Labute approximate surface area is 164 Å². The highest BCUT2D eigenvalue weighted by atomic mass is 16.5. The maximum absolute atomic E-state index is 10.7. The standard InChI is InChI=1S/C21H26O7/c1-6-7-13-8-15(22)21(18(9-13)27-5)28-12(2)19(23)14-10-16(25-3)20(24)17(11-14)26-4/h6-12,19,22-24H,1-5H3/t12-,19-/m0/s1. The first-order valence-corrected chi connectivity index (χ1v) is 8.69. The highest BCUT2D eigenvalue weighted by Gasteiger charge is 2.24. The lowest BCUT2D eigenvalue weighted by atomic mass is 10.0. The third-order valence-corrected chi connectivity index (χ3v) is 4.23. The molecule has 0 fully saturated rings. The number of allylic oxidation sites excluding steroid dienone is 1. The summed E-state index contributed by atoms with van der Waals surface area (Å²) in [4.78, 5) is 0. The minimum absolute atomic E-state index is 0.104. The SMILES string of the molecule is CC=Cc1cc(O)c(O[C@@H](C)[C@H](O)c2cc(OC)c(O)c(OC)c2)c(OC)c1. The Hall–Kier alpha value is -3.06. The van der Waals surface area contributed by atoms with Gasteiger partial charge in [0.2, 0.25) is 11.5 Å². The summed E-state index contributed by atoms with van der Waals surface area (Å²) in [5.74, 6) is 0.530. The average molecular weight is 390 g/mol. The van der Waals surface area contributed by atoms with E-state index in [0.717, 1.165) is 5.56 Å². The molecule has 2 aromatic carbocycles. The molecule has 0 bridgehead atoms. The number of methoxy groups -OCH3 is 3. The Bertz CT molecular complexity index is 820. The minimum atomic E-state index is -1.09. The Balaban J connectivity index is 2.34. The second-order valence-electron chi connectivity index (χ2n) is 6.11. The monoisotopic (exact) mass is 390 g/mol. The predicted molar refractivity (Wildman–Crippen MR) is 106 cm³/mol. The van der Waals surface area contributed by atoms with Crippen molar-refractivity contribution in [3.63, 3.8) is 0 Å². The number of phenolic OH excluding ortho intramolecular Hbond substituents is 2. The molecule has 28 heavy (non-hydrogen) atoms. The number of phenols is 2. The molecule has 7 heteroatoms. The Kier molecular flexibility index (Phi) is 7.00. The largest absolute Gasteiger partial charge is 0.504 e. The zero-order valence-electron chi connectivity index (χ0n) is 16.6. The number of ether oxygens (including phenoxy) is 4. The van der Waals surface area contributed by atoms with Crippen molar-refractivity contribution in [2.45, 2.75) is 26.1 Å². The lowest BCUT2D eigenvalue weighted by Gasteiger charge is -2.23. The van der Waals surface area contributed by atoms with Crippen LogP contribution in [-0.2, 0) is 0 Å². The third-order valence-electron chi connectivity index (χ3n) is 4.23. The van der Waals surface area contributed by atoms with Crippen molar-refractivity contribution in [3.05, 3.63) is 41.5 Å². The summed E-state index contributed by atoms with van der Waals surface area (Å²) in [6, 6.07) is 6.26. The highest BCUT2D eigenvalue weighted by Crippen LogP contribution is 2.42. The zero-order chi connectivity index (χ0) is 20.8. The van der Waals surface area contributed by atoms with Crippen LogP contribution in [0, 0.1) is 0 Å². The van der Waals surface area contributed by atoms with Crippen molar-refractivity contribution in [2.24, 2.45) is 0 Å². The molecule has 0 spiro atoms. The quantitative estimate of drug-likeness (QED) is 0.633. The van der Waals surface area contributed by atoms with Crippen LogP contribution in [0.25, 0.3) is 6.08 Å². The highest BCUT2D eigenvalue weighted by molar-refractivity contribution is 5.61. The molecule has 152 valence electrons. The lowest BCUT2D eigenvalue weighted by Crippen LogP contribution is -2.22. The molecule has 0 saturated heterocycles. The zero-order valence-corrected chi connectivity index (χ0v) is 16.6. The van der Waals surface area contributed by atoms with Crippen LogP contribution in [-0.4, -0.2) is 42.8 Å². The van der Waals surface area contributed by atoms with Crippen molar-refractivity contribution >= 4 is 6.08 Å². The molecular weight excluding hydrogens is 364 g/mol. The molecule has 2 rings (SSSR count). The third kappa shape index (κ3) is 4.43. The van der Waals surface area contributed by atoms with E-state index >= 15 is 0 Å². The predicted octanol–water partition coefficient (Wildman–Crippen LogP) is 3.66. The van der Waals surface area contributed by atoms with Crippen molar-refractivity contribution in [2.75, 3.05) is 21.3 Å². The molecule has 7 nitrogen and oxygen atoms in total. The van der Waals surface area contributed by atoms with Crippen LogP contribution < -0.4 is 18.9 Å². The van der Waals surface area contributed by atoms with E-state index in [1.165, 1.54) is 33.5 Å². The fraction of sp³-hybridized carbons (Fsp3) is 0.333. The fourth-order valence-corrected chi connectivity index (χ4v) is 2.77. The molecule has 0 aliphatic heterocycles. The van der Waals surface area contributed by atoms with Gasteiger partial charge in [-0.1, -0.05) is 12.2 Å². The van der Waals surface area contributed by atoms with Crippen LogP contribution in [0.2, 0.25) is 0 Å². The number of hydrogen-bond acceptors (Lipinski definition) is 7. The molecule has 0 heterocycles. The normalized spacial score (nSPS) is 13.2. The van der Waals surface area contributed by atoms with E-state index in [-0.39, 0.29) is 28.7 Å². The van der Waals surface area contributed by atoms with Gasteiger partial charge < -0.3 is 34.3 Å². The van der Waals surface area contributed by atoms with Crippen LogP contribution in [0.3, 0.4) is 0 Å². The van der Waals surface area contributed by atoms with Gasteiger partial charge in [-0.05, 0) is 49.2 Å². The summed E-state index contributed by atoms with van der Waals surface area (Å²) in [6.07, 6.45) is 1.81. The van der Waals surface area contributed by atoms with Crippen molar-refractivity contribution in [1.82, 2.24) is 0 Å². The van der Waals surface area contributed by atoms with Gasteiger partial charge in [0.1, 0.15) is 12.2 Å². The topological polar surface area (TPSA) is 97.6 Å². The van der Waals surface area contributed by atoms with E-state index in [0.29, 0.717) is 11.3 Å². The van der Waals surface area contributed by atoms with E-state index in [1.54, 1.807) is 19.1 Å². The van der Waals surface area contributed by atoms with Crippen molar-refractivity contribution < 1.29 is 34.3 Å². The molecule has 0 unspecified atom stereocenters. The molecule has 2 aromatic rings. The number of aromatic hydroxyl groups is 2. The molecule has 0 aliphatic rings. The second-order valence-corrected chi connectivity index (χ2v) is 6.11. The molecule has 0 aromatic heterocycles. The summed E-state index contributed by atoms with van der Waals surface area (Å²) in [5.41, 5.74) is 1.17. The lowest BCUT2D eigenvalue weighted by molar-refractivity contribution is 0.0432. The van der Waals surface area contributed by atoms with E-state index in [4.69, 9.17) is 18.9 Å². The summed E-state index contributed by atoms with van der Waals surface area (Å²) < 4.78 is 21.4. The minimum Gasteiger partial charge on any atom is -0.504 e. The van der Waals surface area contributed by atoms with Crippen LogP contribution in [0.15, 0.2) is 30.3 Å². The maximum Gasteiger partial charge on any atom is 0.203 e. The van der Waals surface area contributed by atoms with Gasteiger partial charge >= 0.3 is 0 Å². The van der Waals surface area contributed by atoms with Gasteiger partial charge in [-0.3, -0.25) is 0 Å². The summed E-state index contributed by atoms with van der Waals surface area (Å²) >= 11 is 0. The van der Waals surface area contributed by atoms with Gasteiger partial charge in [0, 0.05) is 0 Å². The van der Waals surface area contributed by atoms with Crippen molar-refractivity contribution in [1.29, 1.82) is 0 Å². The first kappa shape index (κ1) is 21.2. The van der Waals surface area contributed by atoms with Crippen molar-refractivity contribution in [3.8, 4) is 34.5 Å². The molecular formula is C21H26O7. The smallest absolute Gasteiger partial charge is 0.203 e. The summed E-state index contributed by atoms with van der Waals surface area (Å²) in [5, 5.41) is 31.1. The van der Waals surface area contributed by atoms with Gasteiger partial charge in [-0.15, -0.1) is 0 Å². The van der Waals surface area contributed by atoms with Crippen LogP contribution >= 0.6 is 0 Å². The molecule has 0 radical (unpaired) electrons.